The molecule has 5 nitrogen and oxygen atoms in total. The van der Waals surface area contributed by atoms with Crippen molar-refractivity contribution < 1.29 is 13.2 Å². The van der Waals surface area contributed by atoms with Gasteiger partial charge in [0.25, 0.3) is 0 Å². The maximum Gasteiger partial charge on any atom is 0.321 e. The first kappa shape index (κ1) is 14.8. The number of carbonyl (C=O) groups is 1. The lowest BCUT2D eigenvalue weighted by atomic mass is 10.1. The van der Waals surface area contributed by atoms with Crippen LogP contribution in [0, 0.1) is 13.8 Å². The average Bonchev–Trinajstić information content (AvgIpc) is 2.83. The molecule has 1 aliphatic rings. The molecule has 20 heavy (non-hydrogen) atoms. The fraction of sp³-hybridized carbons (Fsp3) is 0.500. The molecule has 1 N–H and O–H groups in total. The largest absolute Gasteiger partial charge is 0.323 e. The van der Waals surface area contributed by atoms with Gasteiger partial charge in [-0.15, -0.1) is 0 Å². The number of hydrogen-bond donors (Lipinski definition) is 1. The standard InChI is InChI=1S/C14H20N2O3S/c1-10-4-5-12(8-11(10)2)15-14(17)16-7-6-13(9-16)20(3,18)19/h4-5,8,13H,6-7,9H2,1-3H3,(H,15,17)/t13-/m1/s1. The van der Waals surface area contributed by atoms with Gasteiger partial charge in [-0.3, -0.25) is 0 Å². The van der Waals surface area contributed by atoms with Gasteiger partial charge in [0.15, 0.2) is 9.84 Å². The molecule has 1 heterocycles. The highest BCUT2D eigenvalue weighted by Crippen LogP contribution is 2.19. The van der Waals surface area contributed by atoms with Crippen molar-refractivity contribution in [3.05, 3.63) is 29.3 Å². The van der Waals surface area contributed by atoms with Crippen LogP contribution in [0.4, 0.5) is 10.5 Å². The van der Waals surface area contributed by atoms with E-state index in [1.54, 1.807) is 4.90 Å². The molecule has 1 aromatic carbocycles. The molecule has 0 bridgehead atoms. The molecule has 0 aromatic heterocycles. The second-order valence-electron chi connectivity index (χ2n) is 5.42. The summed E-state index contributed by atoms with van der Waals surface area (Å²) in [5.41, 5.74) is 3.01. The zero-order valence-electron chi connectivity index (χ0n) is 12.0. The van der Waals surface area contributed by atoms with Crippen molar-refractivity contribution in [1.29, 1.82) is 0 Å². The number of aryl methyl sites for hydroxylation is 2. The van der Waals surface area contributed by atoms with E-state index in [0.717, 1.165) is 11.3 Å². The maximum absolute atomic E-state index is 12.1. The van der Waals surface area contributed by atoms with Crippen LogP contribution in [0.3, 0.4) is 0 Å². The second-order valence-corrected chi connectivity index (χ2v) is 7.74. The lowest BCUT2D eigenvalue weighted by Crippen LogP contribution is -2.34. The van der Waals surface area contributed by atoms with E-state index in [4.69, 9.17) is 0 Å². The molecule has 1 aromatic rings. The number of sulfone groups is 1. The zero-order chi connectivity index (χ0) is 14.9. The fourth-order valence-electron chi connectivity index (χ4n) is 2.28. The minimum Gasteiger partial charge on any atom is -0.323 e. The molecule has 0 radical (unpaired) electrons. The highest BCUT2D eigenvalue weighted by Gasteiger charge is 2.32. The van der Waals surface area contributed by atoms with Gasteiger partial charge >= 0.3 is 6.03 Å². The lowest BCUT2D eigenvalue weighted by Gasteiger charge is -2.17. The van der Waals surface area contributed by atoms with Crippen LogP contribution in [-0.4, -0.2) is 43.9 Å². The predicted octanol–water partition coefficient (Wildman–Crippen LogP) is 1.95. The Labute approximate surface area is 119 Å². The second kappa shape index (κ2) is 5.44. The van der Waals surface area contributed by atoms with Crippen LogP contribution in [0.25, 0.3) is 0 Å². The minimum atomic E-state index is -3.08. The maximum atomic E-state index is 12.1. The minimum absolute atomic E-state index is 0.237. The summed E-state index contributed by atoms with van der Waals surface area (Å²) >= 11 is 0. The van der Waals surface area contributed by atoms with E-state index in [2.05, 4.69) is 5.32 Å². The topological polar surface area (TPSA) is 66.5 Å². The Morgan fingerprint density at radius 2 is 2.00 bits per heavy atom. The number of amides is 2. The summed E-state index contributed by atoms with van der Waals surface area (Å²) in [5.74, 6) is 0. The Morgan fingerprint density at radius 3 is 2.55 bits per heavy atom. The molecule has 0 unspecified atom stereocenters. The van der Waals surface area contributed by atoms with Gasteiger partial charge in [0.1, 0.15) is 0 Å². The third-order valence-electron chi connectivity index (χ3n) is 3.80. The van der Waals surface area contributed by atoms with Gasteiger partial charge in [-0.2, -0.15) is 0 Å². The van der Waals surface area contributed by atoms with Crippen molar-refractivity contribution in [3.8, 4) is 0 Å². The number of urea groups is 1. The number of benzene rings is 1. The van der Waals surface area contributed by atoms with Gasteiger partial charge in [0.05, 0.1) is 5.25 Å². The van der Waals surface area contributed by atoms with Gasteiger partial charge in [-0.25, -0.2) is 13.2 Å². The number of rotatable bonds is 2. The van der Waals surface area contributed by atoms with Gasteiger partial charge in [-0.05, 0) is 43.5 Å². The first-order valence-electron chi connectivity index (χ1n) is 6.59. The van der Waals surface area contributed by atoms with Crippen molar-refractivity contribution in [1.82, 2.24) is 4.90 Å². The van der Waals surface area contributed by atoms with E-state index in [-0.39, 0.29) is 12.6 Å². The number of likely N-dealkylation sites (tertiary alicyclic amines) is 1. The molecule has 2 rings (SSSR count). The molecule has 1 aliphatic heterocycles. The van der Waals surface area contributed by atoms with E-state index < -0.39 is 15.1 Å². The van der Waals surface area contributed by atoms with Crippen LogP contribution in [0.1, 0.15) is 17.5 Å². The van der Waals surface area contributed by atoms with Crippen molar-refractivity contribution >= 4 is 21.6 Å². The summed E-state index contributed by atoms with van der Waals surface area (Å²) in [7, 11) is -3.08. The zero-order valence-corrected chi connectivity index (χ0v) is 12.8. The number of nitrogens with one attached hydrogen (secondary N) is 1. The third-order valence-corrected chi connectivity index (χ3v) is 5.39. The van der Waals surface area contributed by atoms with Crippen LogP contribution in [-0.2, 0) is 9.84 Å². The number of hydrogen-bond acceptors (Lipinski definition) is 3. The normalized spacial score (nSPS) is 19.1. The fourth-order valence-corrected chi connectivity index (χ4v) is 3.27. The Morgan fingerprint density at radius 1 is 1.30 bits per heavy atom. The van der Waals surface area contributed by atoms with Crippen LogP contribution in [0.5, 0.6) is 0 Å². The monoisotopic (exact) mass is 296 g/mol. The molecule has 0 spiro atoms. The summed E-state index contributed by atoms with van der Waals surface area (Å²) in [6.07, 6.45) is 1.74. The molecular weight excluding hydrogens is 276 g/mol. The number of anilines is 1. The Bertz CT molecular complexity index is 625. The molecule has 0 aliphatic carbocycles. The van der Waals surface area contributed by atoms with Crippen LogP contribution in [0.2, 0.25) is 0 Å². The van der Waals surface area contributed by atoms with Crippen molar-refractivity contribution in [2.24, 2.45) is 0 Å². The predicted molar refractivity (Wildman–Crippen MR) is 79.8 cm³/mol. The summed E-state index contributed by atoms with van der Waals surface area (Å²) < 4.78 is 23.0. The highest BCUT2D eigenvalue weighted by atomic mass is 32.2. The van der Waals surface area contributed by atoms with Crippen molar-refractivity contribution in [2.75, 3.05) is 24.7 Å². The van der Waals surface area contributed by atoms with Crippen molar-refractivity contribution in [3.63, 3.8) is 0 Å². The molecule has 110 valence electrons. The highest BCUT2D eigenvalue weighted by molar-refractivity contribution is 7.91. The first-order valence-corrected chi connectivity index (χ1v) is 8.55. The van der Waals surface area contributed by atoms with Gasteiger partial charge in [-0.1, -0.05) is 6.07 Å². The van der Waals surface area contributed by atoms with Crippen LogP contribution >= 0.6 is 0 Å². The Balaban J connectivity index is 2.01. The first-order chi connectivity index (χ1) is 9.27. The molecule has 2 amide bonds. The summed E-state index contributed by atoms with van der Waals surface area (Å²) in [4.78, 5) is 13.7. The smallest absolute Gasteiger partial charge is 0.321 e. The summed E-state index contributed by atoms with van der Waals surface area (Å²) in [6.45, 7) is 4.75. The lowest BCUT2D eigenvalue weighted by molar-refractivity contribution is 0.222. The van der Waals surface area contributed by atoms with Gasteiger partial charge < -0.3 is 10.2 Å². The SMILES string of the molecule is Cc1ccc(NC(=O)N2CC[C@@H](S(C)(=O)=O)C2)cc1C. The van der Waals surface area contributed by atoms with E-state index in [9.17, 15) is 13.2 Å². The molecule has 1 saturated heterocycles. The van der Waals surface area contributed by atoms with Gasteiger partial charge in [0.2, 0.25) is 0 Å². The Kier molecular flexibility index (Phi) is 4.04. The molecule has 1 atom stereocenters. The van der Waals surface area contributed by atoms with E-state index in [1.165, 1.54) is 11.8 Å². The van der Waals surface area contributed by atoms with E-state index in [0.29, 0.717) is 13.0 Å². The van der Waals surface area contributed by atoms with Crippen LogP contribution < -0.4 is 5.32 Å². The summed E-state index contributed by atoms with van der Waals surface area (Å²) in [6, 6.07) is 5.48. The molecular formula is C14H20N2O3S. The molecule has 6 heteroatoms. The Hall–Kier alpha value is -1.56. The van der Waals surface area contributed by atoms with Crippen molar-refractivity contribution in [2.45, 2.75) is 25.5 Å². The van der Waals surface area contributed by atoms with E-state index >= 15 is 0 Å². The average molecular weight is 296 g/mol. The van der Waals surface area contributed by atoms with Gasteiger partial charge in [0, 0.05) is 25.0 Å². The van der Waals surface area contributed by atoms with Crippen LogP contribution in [0.15, 0.2) is 18.2 Å². The summed E-state index contributed by atoms with van der Waals surface area (Å²) in [5, 5.41) is 2.38. The molecule has 0 saturated carbocycles. The van der Waals surface area contributed by atoms with E-state index in [1.807, 2.05) is 32.0 Å². The molecule has 1 fully saturated rings. The number of carbonyl (C=O) groups excluding carboxylic acids is 1. The third kappa shape index (κ3) is 3.30. The quantitative estimate of drug-likeness (QED) is 0.907. The number of nitrogens with zero attached hydrogens (tertiary/aromatic N) is 1.